The van der Waals surface area contributed by atoms with Gasteiger partial charge in [0.25, 0.3) is 5.91 Å². The summed E-state index contributed by atoms with van der Waals surface area (Å²) in [6.45, 7) is 3.22. The molecule has 2 aromatic rings. The summed E-state index contributed by atoms with van der Waals surface area (Å²) >= 11 is 0. The van der Waals surface area contributed by atoms with Crippen molar-refractivity contribution in [1.29, 1.82) is 0 Å². The Hall–Kier alpha value is -2.89. The number of halogens is 1. The standard InChI is InChI=1S/C19H20FNO4/c1-13(2)16-8-3-4-9-17(16)21-18(22)11-25-19(23)12-24-15-7-5-6-14(20)10-15/h3-10,13H,11-12H2,1-2H3,(H,21,22). The van der Waals surface area contributed by atoms with Crippen molar-refractivity contribution in [1.82, 2.24) is 0 Å². The number of hydrogen-bond donors (Lipinski definition) is 1. The van der Waals surface area contributed by atoms with Crippen LogP contribution in [-0.4, -0.2) is 25.1 Å². The van der Waals surface area contributed by atoms with E-state index in [2.05, 4.69) is 5.32 Å². The maximum atomic E-state index is 13.0. The first-order valence-corrected chi connectivity index (χ1v) is 7.88. The fourth-order valence-corrected chi connectivity index (χ4v) is 2.19. The van der Waals surface area contributed by atoms with E-state index in [1.807, 2.05) is 32.0 Å². The highest BCUT2D eigenvalue weighted by Crippen LogP contribution is 2.23. The van der Waals surface area contributed by atoms with Crippen LogP contribution >= 0.6 is 0 Å². The van der Waals surface area contributed by atoms with Gasteiger partial charge < -0.3 is 14.8 Å². The molecular weight excluding hydrogens is 325 g/mol. The van der Waals surface area contributed by atoms with Crippen molar-refractivity contribution in [3.05, 3.63) is 59.9 Å². The van der Waals surface area contributed by atoms with Crippen LogP contribution in [-0.2, 0) is 14.3 Å². The minimum atomic E-state index is -0.712. The van der Waals surface area contributed by atoms with Crippen LogP contribution in [0.4, 0.5) is 10.1 Å². The van der Waals surface area contributed by atoms with Crippen molar-refractivity contribution in [3.63, 3.8) is 0 Å². The smallest absolute Gasteiger partial charge is 0.344 e. The van der Waals surface area contributed by atoms with Gasteiger partial charge in [0.15, 0.2) is 13.2 Å². The number of para-hydroxylation sites is 1. The minimum Gasteiger partial charge on any atom is -0.482 e. The van der Waals surface area contributed by atoms with Gasteiger partial charge in [0.1, 0.15) is 11.6 Å². The van der Waals surface area contributed by atoms with Crippen molar-refractivity contribution in [2.45, 2.75) is 19.8 Å². The lowest BCUT2D eigenvalue weighted by Crippen LogP contribution is -2.24. The number of carbonyl (C=O) groups excluding carboxylic acids is 2. The van der Waals surface area contributed by atoms with Gasteiger partial charge >= 0.3 is 5.97 Å². The highest BCUT2D eigenvalue weighted by atomic mass is 19.1. The molecule has 1 amide bonds. The monoisotopic (exact) mass is 345 g/mol. The van der Waals surface area contributed by atoms with Crippen molar-refractivity contribution in [3.8, 4) is 5.75 Å². The number of anilines is 1. The SMILES string of the molecule is CC(C)c1ccccc1NC(=O)COC(=O)COc1cccc(F)c1. The zero-order valence-corrected chi connectivity index (χ0v) is 14.1. The first-order chi connectivity index (χ1) is 12.0. The van der Waals surface area contributed by atoms with E-state index in [1.165, 1.54) is 18.2 Å². The zero-order valence-electron chi connectivity index (χ0n) is 14.1. The molecule has 2 rings (SSSR count). The Morgan fingerprint density at radius 2 is 1.84 bits per heavy atom. The molecule has 6 heteroatoms. The van der Waals surface area contributed by atoms with Crippen molar-refractivity contribution >= 4 is 17.6 Å². The molecule has 5 nitrogen and oxygen atoms in total. The summed E-state index contributed by atoms with van der Waals surface area (Å²) in [5.74, 6) is -1.15. The van der Waals surface area contributed by atoms with E-state index < -0.39 is 30.9 Å². The third kappa shape index (κ3) is 5.91. The van der Waals surface area contributed by atoms with Crippen molar-refractivity contribution < 1.29 is 23.5 Å². The van der Waals surface area contributed by atoms with Crippen LogP contribution in [0, 0.1) is 5.82 Å². The molecule has 0 saturated heterocycles. The molecule has 0 aliphatic heterocycles. The molecule has 0 aliphatic rings. The lowest BCUT2D eigenvalue weighted by atomic mass is 10.0. The third-order valence-electron chi connectivity index (χ3n) is 3.37. The Labute approximate surface area is 145 Å². The topological polar surface area (TPSA) is 64.6 Å². The predicted octanol–water partition coefficient (Wildman–Crippen LogP) is 3.51. The van der Waals surface area contributed by atoms with Crippen molar-refractivity contribution in [2.24, 2.45) is 0 Å². The van der Waals surface area contributed by atoms with E-state index in [0.29, 0.717) is 5.69 Å². The lowest BCUT2D eigenvalue weighted by molar-refractivity contribution is -0.149. The second kappa shape index (κ2) is 8.82. The molecule has 0 atom stereocenters. The number of nitrogens with one attached hydrogen (secondary N) is 1. The van der Waals surface area contributed by atoms with E-state index in [0.717, 1.165) is 11.6 Å². The fraction of sp³-hybridized carbons (Fsp3) is 0.263. The summed E-state index contributed by atoms with van der Waals surface area (Å²) < 4.78 is 23.0. The van der Waals surface area contributed by atoms with Crippen LogP contribution in [0.15, 0.2) is 48.5 Å². The second-order valence-electron chi connectivity index (χ2n) is 5.70. The summed E-state index contributed by atoms with van der Waals surface area (Å²) in [4.78, 5) is 23.5. The number of benzene rings is 2. The van der Waals surface area contributed by atoms with Crippen LogP contribution in [0.5, 0.6) is 5.75 Å². The molecule has 0 spiro atoms. The van der Waals surface area contributed by atoms with Gasteiger partial charge in [0.2, 0.25) is 0 Å². The quantitative estimate of drug-likeness (QED) is 0.780. The van der Waals surface area contributed by atoms with Crippen LogP contribution in [0.2, 0.25) is 0 Å². The normalized spacial score (nSPS) is 10.4. The van der Waals surface area contributed by atoms with E-state index in [1.54, 1.807) is 6.07 Å². The number of carbonyl (C=O) groups is 2. The van der Waals surface area contributed by atoms with Gasteiger partial charge in [-0.1, -0.05) is 38.1 Å². The van der Waals surface area contributed by atoms with Gasteiger partial charge in [0.05, 0.1) is 0 Å². The molecular formula is C19H20FNO4. The van der Waals surface area contributed by atoms with Gasteiger partial charge in [-0.3, -0.25) is 4.79 Å². The molecule has 2 aromatic carbocycles. The molecule has 0 aliphatic carbocycles. The Bertz CT molecular complexity index is 746. The molecule has 0 unspecified atom stereocenters. The predicted molar refractivity (Wildman–Crippen MR) is 92.0 cm³/mol. The van der Waals surface area contributed by atoms with Crippen LogP contribution in [0.1, 0.15) is 25.3 Å². The van der Waals surface area contributed by atoms with E-state index in [4.69, 9.17) is 9.47 Å². The summed E-state index contributed by atoms with van der Waals surface area (Å²) in [6.07, 6.45) is 0. The molecule has 1 N–H and O–H groups in total. The van der Waals surface area contributed by atoms with Crippen LogP contribution in [0.3, 0.4) is 0 Å². The average molecular weight is 345 g/mol. The van der Waals surface area contributed by atoms with Crippen LogP contribution < -0.4 is 10.1 Å². The molecule has 25 heavy (non-hydrogen) atoms. The maximum Gasteiger partial charge on any atom is 0.344 e. The Morgan fingerprint density at radius 3 is 2.56 bits per heavy atom. The average Bonchev–Trinajstić information content (AvgIpc) is 2.58. The van der Waals surface area contributed by atoms with E-state index in [-0.39, 0.29) is 11.7 Å². The van der Waals surface area contributed by atoms with Gasteiger partial charge in [-0.15, -0.1) is 0 Å². The molecule has 0 bridgehead atoms. The molecule has 0 aromatic heterocycles. The summed E-state index contributed by atoms with van der Waals surface area (Å²) in [5, 5.41) is 2.72. The molecule has 0 radical (unpaired) electrons. The van der Waals surface area contributed by atoms with Gasteiger partial charge in [-0.2, -0.15) is 0 Å². The Kier molecular flexibility index (Phi) is 6.51. The second-order valence-corrected chi connectivity index (χ2v) is 5.70. The van der Waals surface area contributed by atoms with Gasteiger partial charge in [0, 0.05) is 11.8 Å². The zero-order chi connectivity index (χ0) is 18.2. The van der Waals surface area contributed by atoms with Crippen molar-refractivity contribution in [2.75, 3.05) is 18.5 Å². The molecule has 0 saturated carbocycles. The first kappa shape index (κ1) is 18.4. The fourth-order valence-electron chi connectivity index (χ4n) is 2.19. The number of ether oxygens (including phenoxy) is 2. The largest absolute Gasteiger partial charge is 0.482 e. The summed E-state index contributed by atoms with van der Waals surface area (Å²) in [5.41, 5.74) is 1.69. The van der Waals surface area contributed by atoms with E-state index in [9.17, 15) is 14.0 Å². The van der Waals surface area contributed by atoms with E-state index >= 15 is 0 Å². The number of amides is 1. The highest BCUT2D eigenvalue weighted by Gasteiger charge is 2.12. The number of rotatable bonds is 7. The highest BCUT2D eigenvalue weighted by molar-refractivity contribution is 5.93. The Morgan fingerprint density at radius 1 is 1.08 bits per heavy atom. The van der Waals surface area contributed by atoms with Gasteiger partial charge in [-0.25, -0.2) is 9.18 Å². The third-order valence-corrected chi connectivity index (χ3v) is 3.37. The summed E-state index contributed by atoms with van der Waals surface area (Å²) in [6, 6.07) is 12.9. The summed E-state index contributed by atoms with van der Waals surface area (Å²) in [7, 11) is 0. The van der Waals surface area contributed by atoms with Gasteiger partial charge in [-0.05, 0) is 29.7 Å². The minimum absolute atomic E-state index is 0.215. The lowest BCUT2D eigenvalue weighted by Gasteiger charge is -2.13. The number of hydrogen-bond acceptors (Lipinski definition) is 4. The molecule has 0 heterocycles. The number of esters is 1. The Balaban J connectivity index is 1.79. The maximum absolute atomic E-state index is 13.0. The molecule has 132 valence electrons. The molecule has 0 fully saturated rings. The first-order valence-electron chi connectivity index (χ1n) is 7.88. The van der Waals surface area contributed by atoms with Crippen LogP contribution in [0.25, 0.3) is 0 Å².